The number of carbonyl (C=O) groups is 6. The van der Waals surface area contributed by atoms with E-state index in [1.165, 1.54) is 18.2 Å². The standard InChI is InChI=1S/C23H22N4O6.C2HF3O2/c24-10-13-4-6-14(7-5-13)11-25-19(29)12-33-17-3-1-2-15-20(17)23(32)27(22(15)31)16-8-9-18(28)26-21(16)30;3-2(4,5)1(6)7/h1-7,16H,8-12,24H2,(H,25,29)(H,26,28,30);(H,6,7). The molecule has 0 aromatic heterocycles. The number of imide groups is 2. The molecular formula is C25H23F3N4O8. The Labute approximate surface area is 224 Å². The van der Waals surface area contributed by atoms with E-state index in [9.17, 15) is 37.1 Å². The molecule has 1 atom stereocenters. The van der Waals surface area contributed by atoms with Gasteiger partial charge >= 0.3 is 12.1 Å². The zero-order chi connectivity index (χ0) is 29.6. The van der Waals surface area contributed by atoms with Gasteiger partial charge in [-0.05, 0) is 29.7 Å². The Hall–Kier alpha value is -4.79. The van der Waals surface area contributed by atoms with Gasteiger partial charge in [-0.25, -0.2) is 4.79 Å². The maximum Gasteiger partial charge on any atom is 0.490 e. The Morgan fingerprint density at radius 1 is 1.05 bits per heavy atom. The summed E-state index contributed by atoms with van der Waals surface area (Å²) in [4.78, 5) is 71.4. The van der Waals surface area contributed by atoms with Crippen LogP contribution in [0.4, 0.5) is 13.2 Å². The van der Waals surface area contributed by atoms with Gasteiger partial charge < -0.3 is 20.9 Å². The van der Waals surface area contributed by atoms with Gasteiger partial charge in [0, 0.05) is 19.5 Å². The van der Waals surface area contributed by atoms with Crippen molar-refractivity contribution in [2.75, 3.05) is 6.61 Å². The number of hydrogen-bond donors (Lipinski definition) is 4. The number of carboxylic acid groups (broad SMARTS) is 1. The number of alkyl halides is 3. The minimum atomic E-state index is -5.08. The number of aliphatic carboxylic acids is 1. The molecule has 212 valence electrons. The molecule has 1 fully saturated rings. The quantitative estimate of drug-likeness (QED) is 0.354. The number of piperidine rings is 1. The fraction of sp³-hybridized carbons (Fsp3) is 0.280. The van der Waals surface area contributed by atoms with Gasteiger partial charge in [0.25, 0.3) is 17.7 Å². The average molecular weight is 564 g/mol. The smallest absolute Gasteiger partial charge is 0.483 e. The van der Waals surface area contributed by atoms with Gasteiger partial charge in [-0.2, -0.15) is 13.2 Å². The van der Waals surface area contributed by atoms with Crippen molar-refractivity contribution in [3.05, 3.63) is 64.7 Å². The maximum atomic E-state index is 13.0. The highest BCUT2D eigenvalue weighted by Crippen LogP contribution is 2.33. The lowest BCUT2D eigenvalue weighted by Gasteiger charge is -2.27. The summed E-state index contributed by atoms with van der Waals surface area (Å²) in [7, 11) is 0. The number of nitrogens with one attached hydrogen (secondary N) is 2. The summed E-state index contributed by atoms with van der Waals surface area (Å²) in [6.07, 6.45) is -5.00. The second kappa shape index (κ2) is 12.4. The van der Waals surface area contributed by atoms with Crippen LogP contribution in [-0.4, -0.2) is 64.3 Å². The van der Waals surface area contributed by atoms with Gasteiger partial charge in [-0.15, -0.1) is 0 Å². The number of fused-ring (bicyclic) bond motifs is 1. The molecule has 0 bridgehead atoms. The molecule has 2 aliphatic rings. The third-order valence-corrected chi connectivity index (χ3v) is 5.78. The Kier molecular flexibility index (Phi) is 9.21. The van der Waals surface area contributed by atoms with E-state index in [2.05, 4.69) is 10.6 Å². The number of carbonyl (C=O) groups excluding carboxylic acids is 5. The second-order valence-electron chi connectivity index (χ2n) is 8.51. The molecule has 15 heteroatoms. The molecule has 2 aromatic rings. The van der Waals surface area contributed by atoms with Gasteiger partial charge in [-0.3, -0.25) is 34.2 Å². The van der Waals surface area contributed by atoms with Crippen LogP contribution in [0.15, 0.2) is 42.5 Å². The number of halogens is 3. The molecule has 1 saturated heterocycles. The van der Waals surface area contributed by atoms with Gasteiger partial charge in [0.05, 0.1) is 11.1 Å². The van der Waals surface area contributed by atoms with E-state index in [0.717, 1.165) is 16.0 Å². The summed E-state index contributed by atoms with van der Waals surface area (Å²) in [5.74, 6) is -5.56. The summed E-state index contributed by atoms with van der Waals surface area (Å²) >= 11 is 0. The summed E-state index contributed by atoms with van der Waals surface area (Å²) in [5.41, 5.74) is 7.53. The molecule has 5 amide bonds. The first-order chi connectivity index (χ1) is 18.8. The van der Waals surface area contributed by atoms with E-state index in [0.29, 0.717) is 13.1 Å². The van der Waals surface area contributed by atoms with Crippen LogP contribution < -0.4 is 21.1 Å². The highest BCUT2D eigenvalue weighted by atomic mass is 19.4. The van der Waals surface area contributed by atoms with Crippen LogP contribution in [-0.2, 0) is 32.3 Å². The van der Waals surface area contributed by atoms with E-state index in [1.807, 2.05) is 24.3 Å². The molecule has 0 spiro atoms. The Morgan fingerprint density at radius 2 is 1.68 bits per heavy atom. The summed E-state index contributed by atoms with van der Waals surface area (Å²) in [5, 5.41) is 12.0. The SMILES string of the molecule is NCc1ccc(CNC(=O)COc2cccc3c2C(=O)N(C2CCC(=O)NC2=O)C3=O)cc1.O=C(O)C(F)(F)F. The lowest BCUT2D eigenvalue weighted by atomic mass is 10.0. The van der Waals surface area contributed by atoms with Crippen molar-refractivity contribution < 1.29 is 51.8 Å². The van der Waals surface area contributed by atoms with E-state index < -0.39 is 47.7 Å². The Morgan fingerprint density at radius 3 is 2.25 bits per heavy atom. The first-order valence-corrected chi connectivity index (χ1v) is 11.7. The second-order valence-corrected chi connectivity index (χ2v) is 8.51. The van der Waals surface area contributed by atoms with Crippen molar-refractivity contribution in [3.63, 3.8) is 0 Å². The first-order valence-electron chi connectivity index (χ1n) is 11.7. The van der Waals surface area contributed by atoms with Crippen molar-refractivity contribution in [2.24, 2.45) is 5.73 Å². The van der Waals surface area contributed by atoms with Gasteiger partial charge in [0.15, 0.2) is 6.61 Å². The summed E-state index contributed by atoms with van der Waals surface area (Å²) < 4.78 is 37.3. The van der Waals surface area contributed by atoms with Crippen molar-refractivity contribution in [2.45, 2.75) is 38.1 Å². The molecule has 2 aliphatic heterocycles. The Balaban J connectivity index is 0.000000559. The van der Waals surface area contributed by atoms with E-state index >= 15 is 0 Å². The van der Waals surface area contributed by atoms with E-state index in [4.69, 9.17) is 20.4 Å². The van der Waals surface area contributed by atoms with Crippen molar-refractivity contribution >= 4 is 35.5 Å². The minimum absolute atomic E-state index is 0.00243. The fourth-order valence-electron chi connectivity index (χ4n) is 3.79. The molecule has 5 N–H and O–H groups in total. The van der Waals surface area contributed by atoms with Gasteiger partial charge in [-0.1, -0.05) is 30.3 Å². The topological polar surface area (TPSA) is 185 Å². The molecule has 1 unspecified atom stereocenters. The molecule has 12 nitrogen and oxygen atoms in total. The molecule has 4 rings (SSSR count). The van der Waals surface area contributed by atoms with Gasteiger partial charge in [0.1, 0.15) is 11.8 Å². The van der Waals surface area contributed by atoms with Crippen LogP contribution in [0.3, 0.4) is 0 Å². The maximum absolute atomic E-state index is 13.0. The van der Waals surface area contributed by atoms with Crippen molar-refractivity contribution in [3.8, 4) is 5.75 Å². The highest BCUT2D eigenvalue weighted by molar-refractivity contribution is 6.24. The predicted octanol–water partition coefficient (Wildman–Crippen LogP) is 0.875. The summed E-state index contributed by atoms with van der Waals surface area (Å²) in [6.45, 7) is 0.363. The van der Waals surface area contributed by atoms with Crippen LogP contribution >= 0.6 is 0 Å². The number of nitrogens with zero attached hydrogens (tertiary/aromatic N) is 1. The largest absolute Gasteiger partial charge is 0.490 e. The predicted molar refractivity (Wildman–Crippen MR) is 128 cm³/mol. The number of ether oxygens (including phenoxy) is 1. The molecule has 2 aromatic carbocycles. The van der Waals surface area contributed by atoms with Gasteiger partial charge in [0.2, 0.25) is 11.8 Å². The molecular weight excluding hydrogens is 541 g/mol. The van der Waals surface area contributed by atoms with Crippen LogP contribution in [0.5, 0.6) is 5.75 Å². The monoisotopic (exact) mass is 564 g/mol. The zero-order valence-corrected chi connectivity index (χ0v) is 20.6. The minimum Gasteiger partial charge on any atom is -0.483 e. The van der Waals surface area contributed by atoms with Crippen LogP contribution in [0, 0.1) is 0 Å². The fourth-order valence-corrected chi connectivity index (χ4v) is 3.79. The van der Waals surface area contributed by atoms with E-state index in [1.54, 1.807) is 0 Å². The number of amides is 5. The molecule has 0 aliphatic carbocycles. The number of benzene rings is 2. The van der Waals surface area contributed by atoms with Crippen molar-refractivity contribution in [1.29, 1.82) is 0 Å². The molecule has 0 saturated carbocycles. The van der Waals surface area contributed by atoms with Crippen molar-refractivity contribution in [1.82, 2.24) is 15.5 Å². The number of carboxylic acids is 1. The lowest BCUT2D eigenvalue weighted by molar-refractivity contribution is -0.192. The normalized spacial score (nSPS) is 16.5. The number of rotatable bonds is 7. The molecule has 40 heavy (non-hydrogen) atoms. The molecule has 0 radical (unpaired) electrons. The number of nitrogens with two attached hydrogens (primary N) is 1. The lowest BCUT2D eigenvalue weighted by Crippen LogP contribution is -2.54. The first kappa shape index (κ1) is 29.8. The Bertz CT molecular complexity index is 1340. The average Bonchev–Trinajstić information content (AvgIpc) is 3.16. The third-order valence-electron chi connectivity index (χ3n) is 5.78. The molecule has 2 heterocycles. The van der Waals surface area contributed by atoms with Crippen LogP contribution in [0.25, 0.3) is 0 Å². The van der Waals surface area contributed by atoms with E-state index in [-0.39, 0.29) is 36.3 Å². The highest BCUT2D eigenvalue weighted by Gasteiger charge is 2.46. The zero-order valence-electron chi connectivity index (χ0n) is 20.6. The number of hydrogen-bond acceptors (Lipinski definition) is 8. The van der Waals surface area contributed by atoms with Crippen LogP contribution in [0.2, 0.25) is 0 Å². The third kappa shape index (κ3) is 6.99. The summed E-state index contributed by atoms with van der Waals surface area (Å²) in [6, 6.07) is 10.9. The van der Waals surface area contributed by atoms with Crippen LogP contribution in [0.1, 0.15) is 44.7 Å².